The van der Waals surface area contributed by atoms with Gasteiger partial charge in [-0.2, -0.15) is 0 Å². The van der Waals surface area contributed by atoms with Gasteiger partial charge in [0.1, 0.15) is 12.1 Å². The Morgan fingerprint density at radius 2 is 2.20 bits per heavy atom. The molecule has 0 unspecified atom stereocenters. The molecule has 1 aromatic rings. The van der Waals surface area contributed by atoms with Crippen LogP contribution in [-0.4, -0.2) is 28.6 Å². The van der Waals surface area contributed by atoms with E-state index in [-0.39, 0.29) is 5.54 Å². The fraction of sp³-hybridized carbons (Fsp3) is 0.600. The molecule has 0 amide bonds. The molecule has 0 saturated carbocycles. The summed E-state index contributed by atoms with van der Waals surface area (Å²) in [5.74, 6) is 1.51. The maximum atomic E-state index is 6.24. The minimum atomic E-state index is -0.0476. The first kappa shape index (κ1) is 11.1. The van der Waals surface area contributed by atoms with Crippen molar-refractivity contribution in [3.8, 4) is 0 Å². The third kappa shape index (κ3) is 1.94. The maximum Gasteiger partial charge on any atom is 0.145 e. The number of nitrogens with zero attached hydrogens (tertiary/aromatic N) is 3. The molecule has 0 aliphatic carbocycles. The molecule has 1 aromatic heterocycles. The summed E-state index contributed by atoms with van der Waals surface area (Å²) < 4.78 is 1.08. The van der Waals surface area contributed by atoms with E-state index in [9.17, 15) is 0 Å². The zero-order chi connectivity index (χ0) is 11.1. The largest absolute Gasteiger partial charge is 0.352 e. The average molecular weight is 318 g/mol. The monoisotopic (exact) mass is 318 g/mol. The van der Waals surface area contributed by atoms with E-state index < -0.39 is 0 Å². The molecule has 0 bridgehead atoms. The minimum Gasteiger partial charge on any atom is -0.352 e. The van der Waals surface area contributed by atoms with E-state index in [4.69, 9.17) is 5.73 Å². The van der Waals surface area contributed by atoms with Crippen molar-refractivity contribution in [3.63, 3.8) is 0 Å². The van der Waals surface area contributed by atoms with Gasteiger partial charge in [-0.05, 0) is 28.5 Å². The Morgan fingerprint density at radius 3 is 2.73 bits per heavy atom. The van der Waals surface area contributed by atoms with Gasteiger partial charge in [0.25, 0.3) is 0 Å². The van der Waals surface area contributed by atoms with Gasteiger partial charge in [0.05, 0.1) is 9.11 Å². The molecule has 1 aliphatic heterocycles. The van der Waals surface area contributed by atoms with Crippen LogP contribution in [0.5, 0.6) is 0 Å². The molecule has 4 nitrogen and oxygen atoms in total. The first-order valence-corrected chi connectivity index (χ1v) is 6.10. The Balaban J connectivity index is 2.10. The molecule has 0 atom stereocenters. The maximum absolute atomic E-state index is 6.24. The number of hydrogen-bond donors (Lipinski definition) is 1. The van der Waals surface area contributed by atoms with Gasteiger partial charge in [0.15, 0.2) is 0 Å². The van der Waals surface area contributed by atoms with Gasteiger partial charge in [-0.3, -0.25) is 0 Å². The van der Waals surface area contributed by atoms with E-state index in [0.717, 1.165) is 22.5 Å². The van der Waals surface area contributed by atoms with Crippen molar-refractivity contribution in [2.45, 2.75) is 19.4 Å². The van der Waals surface area contributed by atoms with Gasteiger partial charge in [0.2, 0.25) is 0 Å². The molecule has 2 rings (SSSR count). The summed E-state index contributed by atoms with van der Waals surface area (Å²) in [7, 11) is 0. The fourth-order valence-electron chi connectivity index (χ4n) is 1.72. The summed E-state index contributed by atoms with van der Waals surface area (Å²) in [4.78, 5) is 10.5. The van der Waals surface area contributed by atoms with Crippen LogP contribution in [0, 0.1) is 9.49 Å². The van der Waals surface area contributed by atoms with Gasteiger partial charge >= 0.3 is 0 Å². The Labute approximate surface area is 103 Å². The third-order valence-corrected chi connectivity index (χ3v) is 3.83. The normalized spacial score (nSPS) is 19.1. The molecule has 5 heteroatoms. The van der Waals surface area contributed by atoms with Crippen molar-refractivity contribution in [1.82, 2.24) is 9.97 Å². The van der Waals surface area contributed by atoms with Crippen LogP contribution >= 0.6 is 22.6 Å². The number of nitrogens with two attached hydrogens (primary N) is 1. The molecule has 82 valence electrons. The highest BCUT2D eigenvalue weighted by molar-refractivity contribution is 14.1. The van der Waals surface area contributed by atoms with E-state index in [0.29, 0.717) is 5.92 Å². The van der Waals surface area contributed by atoms with Crippen molar-refractivity contribution in [3.05, 3.63) is 16.1 Å². The summed E-state index contributed by atoms with van der Waals surface area (Å²) in [6, 6.07) is 0. The van der Waals surface area contributed by atoms with Crippen molar-refractivity contribution < 1.29 is 0 Å². The second-order valence-electron chi connectivity index (χ2n) is 4.44. The molecule has 1 fully saturated rings. The standard InChI is InChI=1S/C10H15IN4/c1-7(2)10(12)4-15(5-10)9-8(11)3-13-6-14-9/h3,6-7H,4-5,12H2,1-2H3. The van der Waals surface area contributed by atoms with Crippen LogP contribution in [0.3, 0.4) is 0 Å². The van der Waals surface area contributed by atoms with Crippen LogP contribution in [0.1, 0.15) is 13.8 Å². The van der Waals surface area contributed by atoms with Crippen molar-refractivity contribution in [2.24, 2.45) is 11.7 Å². The number of hydrogen-bond acceptors (Lipinski definition) is 4. The number of rotatable bonds is 2. The Morgan fingerprint density at radius 1 is 1.53 bits per heavy atom. The first-order valence-electron chi connectivity index (χ1n) is 5.02. The Bertz CT molecular complexity index is 360. The Kier molecular flexibility index (Phi) is 2.85. The topological polar surface area (TPSA) is 55.0 Å². The van der Waals surface area contributed by atoms with Crippen LogP contribution in [0.2, 0.25) is 0 Å². The van der Waals surface area contributed by atoms with Crippen LogP contribution < -0.4 is 10.6 Å². The van der Waals surface area contributed by atoms with Crippen molar-refractivity contribution in [2.75, 3.05) is 18.0 Å². The number of anilines is 1. The first-order chi connectivity index (χ1) is 7.03. The lowest BCUT2D eigenvalue weighted by molar-refractivity contribution is 0.243. The van der Waals surface area contributed by atoms with Crippen LogP contribution in [0.15, 0.2) is 12.5 Å². The van der Waals surface area contributed by atoms with Crippen LogP contribution in [0.25, 0.3) is 0 Å². The lowest BCUT2D eigenvalue weighted by atomic mass is 9.80. The predicted molar refractivity (Wildman–Crippen MR) is 68.7 cm³/mol. The lowest BCUT2D eigenvalue weighted by Crippen LogP contribution is -2.70. The van der Waals surface area contributed by atoms with E-state index >= 15 is 0 Å². The number of halogens is 1. The fourth-order valence-corrected chi connectivity index (χ4v) is 2.36. The zero-order valence-electron chi connectivity index (χ0n) is 8.94. The quantitative estimate of drug-likeness (QED) is 0.834. The second kappa shape index (κ2) is 3.86. The molecule has 0 aromatic carbocycles. The Hall–Kier alpha value is -0.430. The summed E-state index contributed by atoms with van der Waals surface area (Å²) >= 11 is 2.25. The lowest BCUT2D eigenvalue weighted by Gasteiger charge is -2.51. The van der Waals surface area contributed by atoms with E-state index in [1.807, 2.05) is 6.20 Å². The van der Waals surface area contributed by atoms with E-state index in [2.05, 4.69) is 51.3 Å². The van der Waals surface area contributed by atoms with Gasteiger partial charge in [0, 0.05) is 19.3 Å². The molecule has 15 heavy (non-hydrogen) atoms. The molecule has 1 aliphatic rings. The highest BCUT2D eigenvalue weighted by Gasteiger charge is 2.42. The predicted octanol–water partition coefficient (Wildman–Crippen LogP) is 1.25. The third-order valence-electron chi connectivity index (χ3n) is 3.07. The summed E-state index contributed by atoms with van der Waals surface area (Å²) in [5, 5.41) is 0. The highest BCUT2D eigenvalue weighted by atomic mass is 127. The SMILES string of the molecule is CC(C)C1(N)CN(c2ncncc2I)C1. The van der Waals surface area contributed by atoms with E-state index in [1.165, 1.54) is 0 Å². The average Bonchev–Trinajstić information content (AvgIpc) is 2.14. The molecule has 1 saturated heterocycles. The molecule has 0 spiro atoms. The van der Waals surface area contributed by atoms with Crippen molar-refractivity contribution >= 4 is 28.4 Å². The zero-order valence-corrected chi connectivity index (χ0v) is 11.1. The van der Waals surface area contributed by atoms with Gasteiger partial charge in [-0.15, -0.1) is 0 Å². The molecule has 2 heterocycles. The highest BCUT2D eigenvalue weighted by Crippen LogP contribution is 2.31. The van der Waals surface area contributed by atoms with Crippen LogP contribution in [-0.2, 0) is 0 Å². The minimum absolute atomic E-state index is 0.0476. The molecular formula is C10H15IN4. The molecular weight excluding hydrogens is 303 g/mol. The van der Waals surface area contributed by atoms with Gasteiger partial charge in [-0.1, -0.05) is 13.8 Å². The van der Waals surface area contributed by atoms with Gasteiger partial charge in [-0.25, -0.2) is 9.97 Å². The van der Waals surface area contributed by atoms with Gasteiger partial charge < -0.3 is 10.6 Å². The second-order valence-corrected chi connectivity index (χ2v) is 5.60. The molecule has 2 N–H and O–H groups in total. The summed E-state index contributed by atoms with van der Waals surface area (Å²) in [6.07, 6.45) is 3.41. The number of aromatic nitrogens is 2. The molecule has 0 radical (unpaired) electrons. The van der Waals surface area contributed by atoms with Crippen LogP contribution in [0.4, 0.5) is 5.82 Å². The smallest absolute Gasteiger partial charge is 0.145 e. The van der Waals surface area contributed by atoms with E-state index in [1.54, 1.807) is 6.33 Å². The van der Waals surface area contributed by atoms with Crippen molar-refractivity contribution in [1.29, 1.82) is 0 Å². The summed E-state index contributed by atoms with van der Waals surface area (Å²) in [5.41, 5.74) is 6.19. The summed E-state index contributed by atoms with van der Waals surface area (Å²) in [6.45, 7) is 6.11.